The molecule has 5 atom stereocenters. The number of Topliss-reactive ketones (excluding diaryl/α,β-unsaturated/α-hetero) is 1. The number of ketones is 1. The van der Waals surface area contributed by atoms with Gasteiger partial charge in [-0.05, 0) is 84.2 Å². The van der Waals surface area contributed by atoms with E-state index in [9.17, 15) is 4.79 Å². The van der Waals surface area contributed by atoms with Crippen molar-refractivity contribution < 1.29 is 4.79 Å². The van der Waals surface area contributed by atoms with Crippen molar-refractivity contribution in [2.24, 2.45) is 39.9 Å². The van der Waals surface area contributed by atoms with E-state index in [0.29, 0.717) is 17.1 Å². The van der Waals surface area contributed by atoms with E-state index >= 15 is 0 Å². The summed E-state index contributed by atoms with van der Waals surface area (Å²) in [5.74, 6) is 3.51. The van der Waals surface area contributed by atoms with Crippen molar-refractivity contribution in [3.8, 4) is 0 Å². The highest BCUT2D eigenvalue weighted by atomic mass is 16.1. The Morgan fingerprint density at radius 3 is 2.37 bits per heavy atom. The Bertz CT molecular complexity index is 765. The molecule has 4 aliphatic rings. The molecule has 4 rings (SSSR count). The summed E-state index contributed by atoms with van der Waals surface area (Å²) in [6.07, 6.45) is 15.0. The molecule has 1 nitrogen and oxygen atoms in total. The fourth-order valence-corrected chi connectivity index (χ4v) is 8.44. The molecule has 0 bridgehead atoms. The zero-order valence-corrected chi connectivity index (χ0v) is 20.9. The van der Waals surface area contributed by atoms with Crippen LogP contribution in [0.3, 0.4) is 0 Å². The van der Waals surface area contributed by atoms with Gasteiger partial charge in [-0.2, -0.15) is 0 Å². The number of fused-ring (bicyclic) bond motifs is 4. The Labute approximate surface area is 186 Å². The first-order valence-corrected chi connectivity index (χ1v) is 13.0. The highest BCUT2D eigenvalue weighted by Gasteiger charge is 2.57. The summed E-state index contributed by atoms with van der Waals surface area (Å²) >= 11 is 0. The third kappa shape index (κ3) is 3.29. The van der Waals surface area contributed by atoms with Crippen molar-refractivity contribution in [1.29, 1.82) is 0 Å². The molecule has 0 radical (unpaired) electrons. The molecule has 30 heavy (non-hydrogen) atoms. The molecule has 0 aromatic heterocycles. The average molecular weight is 411 g/mol. The molecule has 1 heteroatoms. The van der Waals surface area contributed by atoms with Gasteiger partial charge in [0.15, 0.2) is 0 Å². The average Bonchev–Trinajstić information content (AvgIpc) is 3.02. The predicted octanol–water partition coefficient (Wildman–Crippen LogP) is 8.30. The maximum Gasteiger partial charge on any atom is 0.138 e. The smallest absolute Gasteiger partial charge is 0.138 e. The van der Waals surface area contributed by atoms with Gasteiger partial charge in [0.1, 0.15) is 5.78 Å². The van der Waals surface area contributed by atoms with Gasteiger partial charge in [0, 0.05) is 11.8 Å². The molecule has 168 valence electrons. The zero-order chi connectivity index (χ0) is 21.9. The first-order valence-electron chi connectivity index (χ1n) is 13.0. The van der Waals surface area contributed by atoms with E-state index in [4.69, 9.17) is 0 Å². The fourth-order valence-electron chi connectivity index (χ4n) is 8.44. The number of carbonyl (C=O) groups excluding carboxylic acids is 1. The van der Waals surface area contributed by atoms with Crippen LogP contribution in [0.2, 0.25) is 0 Å². The molecule has 0 heterocycles. The normalized spacial score (nSPS) is 38.8. The first kappa shape index (κ1) is 22.3. The van der Waals surface area contributed by atoms with Crippen LogP contribution in [-0.2, 0) is 4.79 Å². The van der Waals surface area contributed by atoms with Gasteiger partial charge < -0.3 is 0 Å². The van der Waals surface area contributed by atoms with Gasteiger partial charge in [0.05, 0.1) is 0 Å². The Morgan fingerprint density at radius 2 is 1.67 bits per heavy atom. The Kier molecular flexibility index (Phi) is 5.68. The number of carbonyl (C=O) groups is 1. The van der Waals surface area contributed by atoms with E-state index in [0.717, 1.165) is 30.6 Å². The van der Waals surface area contributed by atoms with Gasteiger partial charge in [-0.1, -0.05) is 79.4 Å². The SMILES string of the molecule is CC(C)CCC[C@@H](C)[C@H]1CC=C2C3=C(CC[C@@]21C)[C@@]1(C)CCC(=O)C(C)(C)C1CC3. The van der Waals surface area contributed by atoms with Crippen LogP contribution in [0.1, 0.15) is 113 Å². The van der Waals surface area contributed by atoms with E-state index in [2.05, 4.69) is 54.5 Å². The predicted molar refractivity (Wildman–Crippen MR) is 127 cm³/mol. The molecule has 1 saturated carbocycles. The third-order valence-electron chi connectivity index (χ3n) is 10.3. The Morgan fingerprint density at radius 1 is 0.967 bits per heavy atom. The second-order valence-electron chi connectivity index (χ2n) is 12.8. The van der Waals surface area contributed by atoms with Gasteiger partial charge in [-0.25, -0.2) is 0 Å². The number of allylic oxidation sites excluding steroid dienone is 4. The molecule has 0 saturated heterocycles. The maximum absolute atomic E-state index is 12.7. The van der Waals surface area contributed by atoms with Crippen LogP contribution in [-0.4, -0.2) is 5.78 Å². The van der Waals surface area contributed by atoms with Crippen LogP contribution in [0.5, 0.6) is 0 Å². The molecule has 0 N–H and O–H groups in total. The Hall–Kier alpha value is -0.850. The number of rotatable bonds is 5. The first-order chi connectivity index (χ1) is 14.0. The Balaban J connectivity index is 1.59. The lowest BCUT2D eigenvalue weighted by molar-refractivity contribution is -0.139. The van der Waals surface area contributed by atoms with Crippen molar-refractivity contribution in [3.05, 3.63) is 22.8 Å². The second kappa shape index (κ2) is 7.63. The van der Waals surface area contributed by atoms with Gasteiger partial charge >= 0.3 is 0 Å². The number of hydrogen-bond acceptors (Lipinski definition) is 1. The lowest BCUT2D eigenvalue weighted by Crippen LogP contribution is -2.51. The van der Waals surface area contributed by atoms with Crippen LogP contribution in [0, 0.1) is 39.9 Å². The molecule has 0 amide bonds. The molecule has 0 spiro atoms. The molecule has 0 aliphatic heterocycles. The summed E-state index contributed by atoms with van der Waals surface area (Å²) in [5, 5.41) is 0. The summed E-state index contributed by atoms with van der Waals surface area (Å²) in [7, 11) is 0. The highest BCUT2D eigenvalue weighted by Crippen LogP contribution is 2.66. The second-order valence-corrected chi connectivity index (χ2v) is 12.8. The summed E-state index contributed by atoms with van der Waals surface area (Å²) in [6, 6.07) is 0. The van der Waals surface area contributed by atoms with Crippen molar-refractivity contribution in [3.63, 3.8) is 0 Å². The van der Waals surface area contributed by atoms with Crippen LogP contribution in [0.4, 0.5) is 0 Å². The minimum atomic E-state index is -0.149. The fraction of sp³-hybridized carbons (Fsp3) is 0.828. The highest BCUT2D eigenvalue weighted by molar-refractivity contribution is 5.86. The van der Waals surface area contributed by atoms with E-state index in [-0.39, 0.29) is 10.8 Å². The minimum absolute atomic E-state index is 0.149. The van der Waals surface area contributed by atoms with Crippen LogP contribution < -0.4 is 0 Å². The molecule has 0 aromatic rings. The largest absolute Gasteiger partial charge is 0.299 e. The van der Waals surface area contributed by atoms with Crippen LogP contribution in [0.15, 0.2) is 22.8 Å². The quantitative estimate of drug-likeness (QED) is 0.445. The van der Waals surface area contributed by atoms with Crippen LogP contribution in [0.25, 0.3) is 0 Å². The molecule has 0 aromatic carbocycles. The lowest BCUT2D eigenvalue weighted by atomic mass is 9.46. The molecule has 1 fully saturated rings. The van der Waals surface area contributed by atoms with Crippen molar-refractivity contribution >= 4 is 5.78 Å². The topological polar surface area (TPSA) is 17.1 Å². The summed E-state index contributed by atoms with van der Waals surface area (Å²) in [4.78, 5) is 12.7. The van der Waals surface area contributed by atoms with Gasteiger partial charge in [-0.3, -0.25) is 4.79 Å². The maximum atomic E-state index is 12.7. The summed E-state index contributed by atoms with van der Waals surface area (Å²) in [5.41, 5.74) is 5.72. The monoisotopic (exact) mass is 410 g/mol. The third-order valence-corrected chi connectivity index (χ3v) is 10.3. The van der Waals surface area contributed by atoms with E-state index in [1.165, 1.54) is 51.4 Å². The zero-order valence-electron chi connectivity index (χ0n) is 20.9. The molecule has 4 aliphatic carbocycles. The van der Waals surface area contributed by atoms with E-state index in [1.807, 2.05) is 0 Å². The molecule has 1 unspecified atom stereocenters. The van der Waals surface area contributed by atoms with Crippen molar-refractivity contribution in [2.45, 2.75) is 113 Å². The molecular formula is C29H46O. The van der Waals surface area contributed by atoms with Crippen LogP contribution >= 0.6 is 0 Å². The van der Waals surface area contributed by atoms with E-state index < -0.39 is 0 Å². The van der Waals surface area contributed by atoms with Crippen molar-refractivity contribution in [1.82, 2.24) is 0 Å². The van der Waals surface area contributed by atoms with Gasteiger partial charge in [0.25, 0.3) is 0 Å². The number of hydrogen-bond donors (Lipinski definition) is 0. The minimum Gasteiger partial charge on any atom is -0.299 e. The summed E-state index contributed by atoms with van der Waals surface area (Å²) < 4.78 is 0. The lowest BCUT2D eigenvalue weighted by Gasteiger charge is -2.57. The van der Waals surface area contributed by atoms with Gasteiger partial charge in [0.2, 0.25) is 0 Å². The van der Waals surface area contributed by atoms with Crippen molar-refractivity contribution in [2.75, 3.05) is 0 Å². The summed E-state index contributed by atoms with van der Waals surface area (Å²) in [6.45, 7) is 16.8. The standard InChI is InChI=1S/C29H46O/c1-19(2)9-8-10-20(3)22-12-13-23-21-11-14-25-27(4,5)26(30)16-18-29(25,7)24(21)15-17-28(22,23)6/h13,19-20,22,25H,8-12,14-18H2,1-7H3/t20-,22-,25?,28-,29-/m1/s1. The van der Waals surface area contributed by atoms with E-state index in [1.54, 1.807) is 16.7 Å². The molecular weight excluding hydrogens is 364 g/mol. The van der Waals surface area contributed by atoms with Gasteiger partial charge in [-0.15, -0.1) is 0 Å².